The van der Waals surface area contributed by atoms with Crippen molar-refractivity contribution in [3.63, 3.8) is 0 Å². The van der Waals surface area contributed by atoms with Crippen LogP contribution in [0, 0.1) is 6.92 Å². The number of hydrogen-bond donors (Lipinski definition) is 1. The summed E-state index contributed by atoms with van der Waals surface area (Å²) in [5.74, 6) is 0. The first-order valence-corrected chi connectivity index (χ1v) is 5.71. The molecule has 86 valence electrons. The van der Waals surface area contributed by atoms with Crippen molar-refractivity contribution in [2.45, 2.75) is 25.8 Å². The second-order valence-corrected chi connectivity index (χ2v) is 4.12. The third-order valence-corrected chi connectivity index (χ3v) is 2.89. The van der Waals surface area contributed by atoms with Crippen LogP contribution >= 0.6 is 0 Å². The van der Waals surface area contributed by atoms with Gasteiger partial charge >= 0.3 is 0 Å². The quantitative estimate of drug-likeness (QED) is 0.845. The maximum atomic E-state index is 5.39. The minimum absolute atomic E-state index is 0.230. The molecule has 0 amide bonds. The van der Waals surface area contributed by atoms with Gasteiger partial charge in [0, 0.05) is 11.9 Å². The molecule has 16 heavy (non-hydrogen) atoms. The molecular formula is C13H18N2O. The number of aryl methyl sites for hydroxylation is 1. The lowest BCUT2D eigenvalue weighted by Crippen LogP contribution is -2.21. The van der Waals surface area contributed by atoms with E-state index in [9.17, 15) is 0 Å². The molecule has 1 unspecified atom stereocenters. The van der Waals surface area contributed by atoms with Crippen molar-refractivity contribution in [1.29, 1.82) is 0 Å². The van der Waals surface area contributed by atoms with Gasteiger partial charge in [-0.1, -0.05) is 6.07 Å². The summed E-state index contributed by atoms with van der Waals surface area (Å²) in [5, 5.41) is 3.32. The van der Waals surface area contributed by atoms with E-state index in [1.54, 1.807) is 0 Å². The van der Waals surface area contributed by atoms with Gasteiger partial charge in [-0.25, -0.2) is 0 Å². The molecule has 0 fully saturated rings. The summed E-state index contributed by atoms with van der Waals surface area (Å²) in [6, 6.07) is 4.40. The van der Waals surface area contributed by atoms with E-state index >= 15 is 0 Å². The van der Waals surface area contributed by atoms with Gasteiger partial charge in [0.05, 0.1) is 18.9 Å². The molecule has 1 atom stereocenters. The Hall–Kier alpha value is -1.35. The van der Waals surface area contributed by atoms with Crippen LogP contribution in [0.1, 0.15) is 30.1 Å². The van der Waals surface area contributed by atoms with Crippen LogP contribution in [0.5, 0.6) is 0 Å². The number of ether oxygens (including phenoxy) is 1. The lowest BCUT2D eigenvalue weighted by atomic mass is 9.96. The highest BCUT2D eigenvalue weighted by Crippen LogP contribution is 2.26. The molecule has 0 saturated carbocycles. The second kappa shape index (κ2) is 5.12. The normalized spacial score (nSPS) is 17.5. The van der Waals surface area contributed by atoms with Crippen LogP contribution in [-0.2, 0) is 4.74 Å². The zero-order valence-electron chi connectivity index (χ0n) is 9.86. The van der Waals surface area contributed by atoms with Crippen molar-refractivity contribution in [1.82, 2.24) is 10.3 Å². The first kappa shape index (κ1) is 11.1. The van der Waals surface area contributed by atoms with E-state index in [1.165, 1.54) is 11.1 Å². The first-order chi connectivity index (χ1) is 7.81. The number of likely N-dealkylation sites (N-methyl/N-ethyl adjacent to an activating group) is 1. The smallest absolute Gasteiger partial charge is 0.0876 e. The van der Waals surface area contributed by atoms with E-state index in [2.05, 4.69) is 16.4 Å². The maximum absolute atomic E-state index is 5.39. The summed E-state index contributed by atoms with van der Waals surface area (Å²) < 4.78 is 5.39. The molecule has 1 aliphatic heterocycles. The predicted molar refractivity (Wildman–Crippen MR) is 64.0 cm³/mol. The molecule has 2 rings (SSSR count). The average Bonchev–Trinajstić information content (AvgIpc) is 2.34. The number of rotatable bonds is 3. The Kier molecular flexibility index (Phi) is 3.57. The van der Waals surface area contributed by atoms with Crippen LogP contribution in [0.3, 0.4) is 0 Å². The maximum Gasteiger partial charge on any atom is 0.0876 e. The topological polar surface area (TPSA) is 34.1 Å². The summed E-state index contributed by atoms with van der Waals surface area (Å²) >= 11 is 0. The summed E-state index contributed by atoms with van der Waals surface area (Å²) in [7, 11) is 1.97. The van der Waals surface area contributed by atoms with E-state index in [0.717, 1.165) is 25.1 Å². The largest absolute Gasteiger partial charge is 0.501 e. The van der Waals surface area contributed by atoms with Crippen LogP contribution in [0.25, 0.3) is 0 Å². The second-order valence-electron chi connectivity index (χ2n) is 4.12. The van der Waals surface area contributed by atoms with E-state index in [0.29, 0.717) is 0 Å². The molecule has 0 saturated heterocycles. The van der Waals surface area contributed by atoms with Gasteiger partial charge in [-0.2, -0.15) is 0 Å². The van der Waals surface area contributed by atoms with Crippen LogP contribution in [-0.4, -0.2) is 18.6 Å². The fourth-order valence-corrected chi connectivity index (χ4v) is 2.01. The van der Waals surface area contributed by atoms with Gasteiger partial charge in [0.25, 0.3) is 0 Å². The van der Waals surface area contributed by atoms with Gasteiger partial charge in [0.1, 0.15) is 0 Å². The van der Waals surface area contributed by atoms with Gasteiger partial charge in [-0.05, 0) is 44.0 Å². The molecule has 3 heteroatoms. The lowest BCUT2D eigenvalue weighted by Gasteiger charge is -2.23. The van der Waals surface area contributed by atoms with Crippen LogP contribution in [0.2, 0.25) is 0 Å². The first-order valence-electron chi connectivity index (χ1n) is 5.71. The van der Waals surface area contributed by atoms with Crippen molar-refractivity contribution in [3.8, 4) is 0 Å². The average molecular weight is 218 g/mol. The highest BCUT2D eigenvalue weighted by atomic mass is 16.5. The third-order valence-electron chi connectivity index (χ3n) is 2.89. The minimum atomic E-state index is 0.230. The Morgan fingerprint density at radius 2 is 2.31 bits per heavy atom. The van der Waals surface area contributed by atoms with Gasteiger partial charge in [0.2, 0.25) is 0 Å². The molecule has 1 N–H and O–H groups in total. The molecular weight excluding hydrogens is 200 g/mol. The van der Waals surface area contributed by atoms with Crippen molar-refractivity contribution in [2.24, 2.45) is 0 Å². The number of pyridine rings is 1. The molecule has 1 aromatic rings. The summed E-state index contributed by atoms with van der Waals surface area (Å²) in [4.78, 5) is 4.33. The predicted octanol–water partition coefficient (Wildman–Crippen LogP) is 2.34. The molecule has 0 spiro atoms. The molecule has 0 radical (unpaired) electrons. The van der Waals surface area contributed by atoms with E-state index in [1.807, 2.05) is 32.5 Å². The van der Waals surface area contributed by atoms with Crippen LogP contribution in [0.4, 0.5) is 0 Å². The van der Waals surface area contributed by atoms with Crippen LogP contribution in [0.15, 0.2) is 30.2 Å². The fourth-order valence-electron chi connectivity index (χ4n) is 2.01. The van der Waals surface area contributed by atoms with Crippen molar-refractivity contribution in [2.75, 3.05) is 13.7 Å². The molecule has 2 heterocycles. The Balaban J connectivity index is 2.21. The van der Waals surface area contributed by atoms with Crippen molar-refractivity contribution < 1.29 is 4.74 Å². The number of aromatic nitrogens is 1. The molecule has 0 aliphatic carbocycles. The number of hydrogen-bond acceptors (Lipinski definition) is 3. The Bertz CT molecular complexity index is 370. The third kappa shape index (κ3) is 2.42. The van der Waals surface area contributed by atoms with Crippen molar-refractivity contribution >= 4 is 0 Å². The fraction of sp³-hybridized carbons (Fsp3) is 0.462. The van der Waals surface area contributed by atoms with Gasteiger partial charge in [0.15, 0.2) is 0 Å². The van der Waals surface area contributed by atoms with E-state index < -0.39 is 0 Å². The monoisotopic (exact) mass is 218 g/mol. The molecule has 0 aromatic carbocycles. The van der Waals surface area contributed by atoms with Gasteiger partial charge in [-0.15, -0.1) is 0 Å². The molecule has 1 aromatic heterocycles. The summed E-state index contributed by atoms with van der Waals surface area (Å²) in [6.45, 7) is 2.84. The summed E-state index contributed by atoms with van der Waals surface area (Å²) in [6.07, 6.45) is 6.03. The van der Waals surface area contributed by atoms with E-state index in [4.69, 9.17) is 4.74 Å². The Morgan fingerprint density at radius 1 is 1.44 bits per heavy atom. The highest BCUT2D eigenvalue weighted by molar-refractivity contribution is 5.26. The molecule has 1 aliphatic rings. The molecule has 3 nitrogen and oxygen atoms in total. The van der Waals surface area contributed by atoms with Gasteiger partial charge < -0.3 is 10.1 Å². The zero-order chi connectivity index (χ0) is 11.4. The Morgan fingerprint density at radius 3 is 2.88 bits per heavy atom. The number of nitrogens with zero attached hydrogens (tertiary/aromatic N) is 1. The van der Waals surface area contributed by atoms with Crippen molar-refractivity contribution in [3.05, 3.63) is 41.4 Å². The molecule has 0 bridgehead atoms. The zero-order valence-corrected chi connectivity index (χ0v) is 9.86. The van der Waals surface area contributed by atoms with E-state index in [-0.39, 0.29) is 6.04 Å². The highest BCUT2D eigenvalue weighted by Gasteiger charge is 2.17. The minimum Gasteiger partial charge on any atom is -0.501 e. The standard InChI is InChI=1S/C13H18N2O/c1-10-5-6-11(8-15-10)13(14-2)12-4-3-7-16-9-12/h5-6,8-9,13-14H,3-4,7H2,1-2H3. The Labute approximate surface area is 96.5 Å². The lowest BCUT2D eigenvalue weighted by molar-refractivity contribution is 0.220. The van der Waals surface area contributed by atoms with Gasteiger partial charge in [-0.3, -0.25) is 4.98 Å². The summed E-state index contributed by atoms with van der Waals surface area (Å²) in [5.41, 5.74) is 3.55. The van der Waals surface area contributed by atoms with Crippen LogP contribution < -0.4 is 5.32 Å². The SMILES string of the molecule is CNC(C1=COCCC1)c1ccc(C)nc1. The number of nitrogens with one attached hydrogen (secondary N) is 1.